The molecule has 1 aliphatic heterocycles. The molecule has 84 valence electrons. The van der Waals surface area contributed by atoms with Gasteiger partial charge in [-0.15, -0.1) is 0 Å². The summed E-state index contributed by atoms with van der Waals surface area (Å²) in [6.07, 6.45) is 7.96. The highest BCUT2D eigenvalue weighted by Gasteiger charge is 2.28. The first kappa shape index (κ1) is 12.0. The quantitative estimate of drug-likeness (QED) is 0.664. The van der Waals surface area contributed by atoms with Gasteiger partial charge in [-0.25, -0.2) is 0 Å². The highest BCUT2D eigenvalue weighted by atomic mass is 15.2. The average molecular weight is 198 g/mol. The van der Waals surface area contributed by atoms with Gasteiger partial charge in [0.05, 0.1) is 0 Å². The van der Waals surface area contributed by atoms with Gasteiger partial charge in [0, 0.05) is 12.1 Å². The Labute approximate surface area is 88.8 Å². The van der Waals surface area contributed by atoms with Crippen LogP contribution in [0.1, 0.15) is 52.4 Å². The number of nitrogens with zero attached hydrogens (tertiary/aromatic N) is 1. The van der Waals surface area contributed by atoms with E-state index in [0.717, 1.165) is 18.6 Å². The van der Waals surface area contributed by atoms with E-state index < -0.39 is 0 Å². The Morgan fingerprint density at radius 3 is 2.64 bits per heavy atom. The Hall–Kier alpha value is -0.0800. The maximum absolute atomic E-state index is 5.49. The van der Waals surface area contributed by atoms with E-state index >= 15 is 0 Å². The third-order valence-electron chi connectivity index (χ3n) is 3.54. The van der Waals surface area contributed by atoms with Crippen LogP contribution in [-0.4, -0.2) is 30.1 Å². The molecule has 2 N–H and O–H groups in total. The molecule has 0 amide bonds. The van der Waals surface area contributed by atoms with Crippen molar-refractivity contribution in [1.82, 2.24) is 4.90 Å². The Kier molecular flexibility index (Phi) is 5.49. The van der Waals surface area contributed by atoms with Gasteiger partial charge >= 0.3 is 0 Å². The van der Waals surface area contributed by atoms with Crippen LogP contribution in [0, 0.1) is 0 Å². The summed E-state index contributed by atoms with van der Waals surface area (Å²) in [5, 5.41) is 0. The van der Waals surface area contributed by atoms with Crippen molar-refractivity contribution in [3.05, 3.63) is 0 Å². The third-order valence-corrected chi connectivity index (χ3v) is 3.54. The van der Waals surface area contributed by atoms with Gasteiger partial charge in [0.1, 0.15) is 0 Å². The number of unbranched alkanes of at least 4 members (excludes halogenated alkanes) is 2. The lowest BCUT2D eigenvalue weighted by Crippen LogP contribution is -2.34. The molecule has 0 bridgehead atoms. The van der Waals surface area contributed by atoms with Crippen LogP contribution in [0.15, 0.2) is 0 Å². The summed E-state index contributed by atoms with van der Waals surface area (Å²) < 4.78 is 0. The zero-order valence-electron chi connectivity index (χ0n) is 9.84. The van der Waals surface area contributed by atoms with Crippen LogP contribution in [0.4, 0.5) is 0 Å². The van der Waals surface area contributed by atoms with E-state index in [1.807, 2.05) is 0 Å². The summed E-state index contributed by atoms with van der Waals surface area (Å²) in [6, 6.07) is 1.68. The SMILES string of the molecule is CCC1CCC(C)N1CCCCCN. The number of likely N-dealkylation sites (tertiary alicyclic amines) is 1. The topological polar surface area (TPSA) is 29.3 Å². The fourth-order valence-corrected chi connectivity index (χ4v) is 2.58. The van der Waals surface area contributed by atoms with E-state index in [9.17, 15) is 0 Å². The van der Waals surface area contributed by atoms with E-state index in [0.29, 0.717) is 0 Å². The first-order valence-electron chi connectivity index (χ1n) is 6.25. The van der Waals surface area contributed by atoms with Crippen molar-refractivity contribution < 1.29 is 0 Å². The van der Waals surface area contributed by atoms with Crippen molar-refractivity contribution in [2.24, 2.45) is 5.73 Å². The molecule has 2 atom stereocenters. The first-order valence-corrected chi connectivity index (χ1v) is 6.25. The molecule has 0 spiro atoms. The Balaban J connectivity index is 2.19. The predicted molar refractivity (Wildman–Crippen MR) is 62.4 cm³/mol. The molecule has 2 unspecified atom stereocenters. The van der Waals surface area contributed by atoms with Crippen LogP contribution < -0.4 is 5.73 Å². The molecule has 0 saturated carbocycles. The summed E-state index contributed by atoms with van der Waals surface area (Å²) in [5.74, 6) is 0. The Bertz CT molecular complexity index is 147. The first-order chi connectivity index (χ1) is 6.79. The van der Waals surface area contributed by atoms with Gasteiger partial charge < -0.3 is 5.73 Å². The van der Waals surface area contributed by atoms with Crippen molar-refractivity contribution in [3.63, 3.8) is 0 Å². The van der Waals surface area contributed by atoms with Crippen molar-refractivity contribution >= 4 is 0 Å². The standard InChI is InChI=1S/C12H26N2/c1-3-12-8-7-11(2)14(12)10-6-4-5-9-13/h11-12H,3-10,13H2,1-2H3. The van der Waals surface area contributed by atoms with Gasteiger partial charge in [-0.05, 0) is 52.1 Å². The maximum atomic E-state index is 5.49. The summed E-state index contributed by atoms with van der Waals surface area (Å²) in [5.41, 5.74) is 5.49. The minimum Gasteiger partial charge on any atom is -0.330 e. The van der Waals surface area contributed by atoms with E-state index in [1.54, 1.807) is 0 Å². The zero-order valence-corrected chi connectivity index (χ0v) is 9.84. The second-order valence-electron chi connectivity index (χ2n) is 4.58. The largest absolute Gasteiger partial charge is 0.330 e. The molecule has 1 aliphatic rings. The summed E-state index contributed by atoms with van der Waals surface area (Å²) in [4.78, 5) is 2.70. The maximum Gasteiger partial charge on any atom is 0.00960 e. The summed E-state index contributed by atoms with van der Waals surface area (Å²) in [7, 11) is 0. The number of hydrogen-bond acceptors (Lipinski definition) is 2. The van der Waals surface area contributed by atoms with Crippen LogP contribution in [0.3, 0.4) is 0 Å². The fourth-order valence-electron chi connectivity index (χ4n) is 2.58. The minimum atomic E-state index is 0.817. The fraction of sp³-hybridized carbons (Fsp3) is 1.00. The van der Waals surface area contributed by atoms with E-state index in [-0.39, 0.29) is 0 Å². The van der Waals surface area contributed by atoms with Crippen LogP contribution >= 0.6 is 0 Å². The van der Waals surface area contributed by atoms with Gasteiger partial charge in [0.15, 0.2) is 0 Å². The second-order valence-corrected chi connectivity index (χ2v) is 4.58. The Morgan fingerprint density at radius 1 is 1.21 bits per heavy atom. The molecule has 2 nitrogen and oxygen atoms in total. The molecule has 2 heteroatoms. The Morgan fingerprint density at radius 2 is 2.00 bits per heavy atom. The van der Waals surface area contributed by atoms with E-state index in [4.69, 9.17) is 5.73 Å². The van der Waals surface area contributed by atoms with Crippen LogP contribution in [0.5, 0.6) is 0 Å². The molecule has 0 radical (unpaired) electrons. The number of rotatable bonds is 6. The van der Waals surface area contributed by atoms with Crippen LogP contribution in [0.2, 0.25) is 0 Å². The van der Waals surface area contributed by atoms with Crippen molar-refractivity contribution in [2.75, 3.05) is 13.1 Å². The normalized spacial score (nSPS) is 28.5. The molecular formula is C12H26N2. The third kappa shape index (κ3) is 3.25. The molecule has 0 aliphatic carbocycles. The smallest absolute Gasteiger partial charge is 0.00960 e. The molecule has 1 heterocycles. The van der Waals surface area contributed by atoms with Crippen LogP contribution in [0.25, 0.3) is 0 Å². The number of hydrogen-bond donors (Lipinski definition) is 1. The average Bonchev–Trinajstić information content (AvgIpc) is 2.55. The second kappa shape index (κ2) is 6.41. The lowest BCUT2D eigenvalue weighted by Gasteiger charge is -2.27. The molecule has 1 fully saturated rings. The monoisotopic (exact) mass is 198 g/mol. The molecule has 0 aromatic heterocycles. The van der Waals surface area contributed by atoms with Gasteiger partial charge in [-0.2, -0.15) is 0 Å². The van der Waals surface area contributed by atoms with Gasteiger partial charge in [0.25, 0.3) is 0 Å². The van der Waals surface area contributed by atoms with E-state index in [1.165, 1.54) is 45.1 Å². The highest BCUT2D eigenvalue weighted by molar-refractivity contribution is 4.83. The lowest BCUT2D eigenvalue weighted by atomic mass is 10.1. The van der Waals surface area contributed by atoms with Crippen molar-refractivity contribution in [1.29, 1.82) is 0 Å². The summed E-state index contributed by atoms with van der Waals surface area (Å²) >= 11 is 0. The van der Waals surface area contributed by atoms with Crippen LogP contribution in [-0.2, 0) is 0 Å². The van der Waals surface area contributed by atoms with Gasteiger partial charge in [-0.1, -0.05) is 13.3 Å². The predicted octanol–water partition coefficient (Wildman–Crippen LogP) is 2.38. The molecule has 0 aromatic carbocycles. The minimum absolute atomic E-state index is 0.817. The molecule has 14 heavy (non-hydrogen) atoms. The zero-order chi connectivity index (χ0) is 10.4. The van der Waals surface area contributed by atoms with Crippen molar-refractivity contribution in [2.45, 2.75) is 64.5 Å². The van der Waals surface area contributed by atoms with Gasteiger partial charge in [-0.3, -0.25) is 4.90 Å². The molecule has 1 saturated heterocycles. The van der Waals surface area contributed by atoms with E-state index in [2.05, 4.69) is 18.7 Å². The summed E-state index contributed by atoms with van der Waals surface area (Å²) in [6.45, 7) is 6.83. The molecule has 0 aromatic rings. The molecule has 1 rings (SSSR count). The number of nitrogens with two attached hydrogens (primary N) is 1. The molecular weight excluding hydrogens is 172 g/mol. The lowest BCUT2D eigenvalue weighted by molar-refractivity contribution is 0.194. The van der Waals surface area contributed by atoms with Crippen molar-refractivity contribution in [3.8, 4) is 0 Å². The highest BCUT2D eigenvalue weighted by Crippen LogP contribution is 2.26. The van der Waals surface area contributed by atoms with Gasteiger partial charge in [0.2, 0.25) is 0 Å².